The molecular formula is C12H20KNO4. The maximum Gasteiger partial charge on any atom is 1.00 e. The third-order valence-electron chi connectivity index (χ3n) is 2.01. The first-order valence-corrected chi connectivity index (χ1v) is 5.69. The van der Waals surface area contributed by atoms with Crippen molar-refractivity contribution in [2.45, 2.75) is 40.2 Å². The van der Waals surface area contributed by atoms with Gasteiger partial charge < -0.3 is 20.0 Å². The molecule has 6 heteroatoms. The van der Waals surface area contributed by atoms with Gasteiger partial charge in [-0.2, -0.15) is 0 Å². The van der Waals surface area contributed by atoms with Crippen LogP contribution in [-0.2, 0) is 14.3 Å². The fourth-order valence-electron chi connectivity index (χ4n) is 1.36. The second-order valence-electron chi connectivity index (χ2n) is 4.22. The number of aliphatic carboxylic acids is 1. The van der Waals surface area contributed by atoms with Crippen molar-refractivity contribution in [3.63, 3.8) is 0 Å². The maximum atomic E-state index is 11.1. The van der Waals surface area contributed by atoms with Crippen molar-refractivity contribution in [1.82, 2.24) is 5.32 Å². The van der Waals surface area contributed by atoms with E-state index in [4.69, 9.17) is 4.74 Å². The van der Waals surface area contributed by atoms with Gasteiger partial charge in [0.05, 0.1) is 18.6 Å². The molecule has 18 heavy (non-hydrogen) atoms. The summed E-state index contributed by atoms with van der Waals surface area (Å²) < 4.78 is 4.72. The normalized spacial score (nSPS) is 12.6. The summed E-state index contributed by atoms with van der Waals surface area (Å²) in [5, 5.41) is 13.6. The van der Waals surface area contributed by atoms with E-state index in [0.717, 1.165) is 0 Å². The fraction of sp³-hybridized carbons (Fsp3) is 0.667. The Morgan fingerprint density at radius 1 is 1.39 bits per heavy atom. The smallest absolute Gasteiger partial charge is 0.548 e. The molecule has 0 aliphatic carbocycles. The van der Waals surface area contributed by atoms with Crippen LogP contribution in [0.25, 0.3) is 0 Å². The average molecular weight is 281 g/mol. The van der Waals surface area contributed by atoms with Crippen molar-refractivity contribution in [3.8, 4) is 0 Å². The van der Waals surface area contributed by atoms with E-state index in [1.165, 1.54) is 6.08 Å². The van der Waals surface area contributed by atoms with Crippen LogP contribution in [0.4, 0.5) is 0 Å². The van der Waals surface area contributed by atoms with Gasteiger partial charge in [-0.05, 0) is 26.2 Å². The number of hydrogen-bond donors (Lipinski definition) is 1. The Morgan fingerprint density at radius 3 is 2.33 bits per heavy atom. The molecule has 0 saturated carbocycles. The van der Waals surface area contributed by atoms with E-state index in [0.29, 0.717) is 18.7 Å². The topological polar surface area (TPSA) is 78.5 Å². The van der Waals surface area contributed by atoms with E-state index in [2.05, 4.69) is 5.32 Å². The number of rotatable bonds is 7. The minimum Gasteiger partial charge on any atom is -0.548 e. The van der Waals surface area contributed by atoms with Crippen molar-refractivity contribution in [2.24, 2.45) is 5.92 Å². The Morgan fingerprint density at radius 2 is 1.94 bits per heavy atom. The molecule has 5 nitrogen and oxygen atoms in total. The van der Waals surface area contributed by atoms with Crippen molar-refractivity contribution >= 4 is 11.9 Å². The summed E-state index contributed by atoms with van der Waals surface area (Å²) in [6, 6.07) is -0.791. The minimum absolute atomic E-state index is 0. The van der Waals surface area contributed by atoms with Gasteiger partial charge in [-0.3, -0.25) is 0 Å². The Balaban J connectivity index is 0. The molecule has 0 heterocycles. The fourth-order valence-corrected chi connectivity index (χ4v) is 1.36. The van der Waals surface area contributed by atoms with Crippen LogP contribution in [-0.4, -0.2) is 24.6 Å². The second kappa shape index (κ2) is 11.0. The molecule has 0 radical (unpaired) electrons. The van der Waals surface area contributed by atoms with Gasteiger partial charge in [-0.25, -0.2) is 4.79 Å². The molecule has 0 aromatic carbocycles. The Labute approximate surface area is 151 Å². The first-order chi connectivity index (χ1) is 7.86. The van der Waals surface area contributed by atoms with Crippen LogP contribution in [0.2, 0.25) is 0 Å². The van der Waals surface area contributed by atoms with Crippen molar-refractivity contribution < 1.29 is 70.8 Å². The van der Waals surface area contributed by atoms with Crippen molar-refractivity contribution in [2.75, 3.05) is 6.61 Å². The van der Waals surface area contributed by atoms with Gasteiger partial charge in [-0.15, -0.1) is 0 Å². The number of carboxylic acid groups (broad SMARTS) is 1. The predicted octanol–water partition coefficient (Wildman–Crippen LogP) is -2.79. The quantitative estimate of drug-likeness (QED) is 0.310. The molecule has 0 aromatic heterocycles. The van der Waals surface area contributed by atoms with Crippen molar-refractivity contribution in [1.29, 1.82) is 0 Å². The van der Waals surface area contributed by atoms with Crippen LogP contribution >= 0.6 is 0 Å². The number of esters is 1. The average Bonchev–Trinajstić information content (AvgIpc) is 2.15. The van der Waals surface area contributed by atoms with Gasteiger partial charge in [-0.1, -0.05) is 13.8 Å². The Kier molecular flexibility index (Phi) is 12.5. The number of hydrogen-bond acceptors (Lipinski definition) is 5. The van der Waals surface area contributed by atoms with Crippen molar-refractivity contribution in [3.05, 3.63) is 11.8 Å². The summed E-state index contributed by atoms with van der Waals surface area (Å²) in [5.41, 5.74) is 0.457. The molecule has 0 spiro atoms. The second-order valence-corrected chi connectivity index (χ2v) is 4.22. The first kappa shape index (κ1) is 20.4. The molecule has 0 fully saturated rings. The molecule has 0 bridgehead atoms. The number of ether oxygens (including phenoxy) is 1. The zero-order chi connectivity index (χ0) is 13.4. The van der Waals surface area contributed by atoms with Crippen LogP contribution in [0.1, 0.15) is 34.1 Å². The molecule has 0 rings (SSSR count). The molecule has 0 aliphatic rings. The number of carboxylic acids is 1. The molecule has 0 aromatic rings. The zero-order valence-electron chi connectivity index (χ0n) is 11.8. The van der Waals surface area contributed by atoms with Crippen LogP contribution in [0.5, 0.6) is 0 Å². The van der Waals surface area contributed by atoms with Crippen LogP contribution in [0.15, 0.2) is 11.8 Å². The summed E-state index contributed by atoms with van der Waals surface area (Å²) in [7, 11) is 0. The summed E-state index contributed by atoms with van der Waals surface area (Å²) >= 11 is 0. The molecule has 0 aliphatic heterocycles. The molecule has 0 amide bonds. The summed E-state index contributed by atoms with van der Waals surface area (Å²) in [6.45, 7) is 7.45. The Bertz CT molecular complexity index is 302. The molecule has 0 unspecified atom stereocenters. The standard InChI is InChI=1S/C12H21NO4.K/c1-5-17-11(14)7-9(4)13-10(12(15)16)6-8(2)3;/h7-8,10,13H,5-6H2,1-4H3,(H,15,16);/q;+1/p-1/b9-7+;/t10-;/m0./s1. The SMILES string of the molecule is CCOC(=O)/C=C(\C)N[C@@H](CC(C)C)C(=O)[O-].[K+]. The number of carbonyl (C=O) groups is 2. The van der Waals surface area contributed by atoms with E-state index >= 15 is 0 Å². The van der Waals surface area contributed by atoms with E-state index in [-0.39, 0.29) is 57.3 Å². The molecule has 0 saturated heterocycles. The number of nitrogens with one attached hydrogen (secondary N) is 1. The molecular weight excluding hydrogens is 261 g/mol. The van der Waals surface area contributed by atoms with E-state index in [9.17, 15) is 14.7 Å². The van der Waals surface area contributed by atoms with Gasteiger partial charge in [0.2, 0.25) is 0 Å². The molecule has 1 atom stereocenters. The third kappa shape index (κ3) is 10.1. The summed E-state index contributed by atoms with van der Waals surface area (Å²) in [4.78, 5) is 22.0. The molecule has 98 valence electrons. The minimum atomic E-state index is -1.17. The van der Waals surface area contributed by atoms with Gasteiger partial charge >= 0.3 is 57.4 Å². The van der Waals surface area contributed by atoms with E-state index in [1.807, 2.05) is 13.8 Å². The number of carbonyl (C=O) groups excluding carboxylic acids is 2. The van der Waals surface area contributed by atoms with E-state index < -0.39 is 18.0 Å². The van der Waals surface area contributed by atoms with Gasteiger partial charge in [0, 0.05) is 11.8 Å². The zero-order valence-corrected chi connectivity index (χ0v) is 14.9. The first-order valence-electron chi connectivity index (χ1n) is 5.69. The maximum absolute atomic E-state index is 11.1. The largest absolute Gasteiger partial charge is 1.00 e. The summed E-state index contributed by atoms with van der Waals surface area (Å²) in [5.74, 6) is -1.43. The summed E-state index contributed by atoms with van der Waals surface area (Å²) in [6.07, 6.45) is 1.68. The third-order valence-corrected chi connectivity index (χ3v) is 2.01. The van der Waals surface area contributed by atoms with Crippen LogP contribution in [0, 0.1) is 5.92 Å². The van der Waals surface area contributed by atoms with Crippen LogP contribution in [0.3, 0.4) is 0 Å². The monoisotopic (exact) mass is 281 g/mol. The number of allylic oxidation sites excluding steroid dienone is 1. The van der Waals surface area contributed by atoms with Gasteiger partial charge in [0.15, 0.2) is 0 Å². The van der Waals surface area contributed by atoms with Gasteiger partial charge in [0.25, 0.3) is 0 Å². The Hall–Kier alpha value is 0.116. The van der Waals surface area contributed by atoms with E-state index in [1.54, 1.807) is 13.8 Å². The van der Waals surface area contributed by atoms with Crippen LogP contribution < -0.4 is 61.8 Å². The van der Waals surface area contributed by atoms with Gasteiger partial charge in [0.1, 0.15) is 0 Å². The molecule has 1 N–H and O–H groups in total. The predicted molar refractivity (Wildman–Crippen MR) is 61.8 cm³/mol.